The molecule has 1 aromatic rings. The lowest BCUT2D eigenvalue weighted by Crippen LogP contribution is -2.48. The van der Waals surface area contributed by atoms with Crippen molar-refractivity contribution in [3.05, 3.63) is 23.8 Å². The molecule has 5 heteroatoms. The summed E-state index contributed by atoms with van der Waals surface area (Å²) >= 11 is 0. The maximum absolute atomic E-state index is 5.82. The Balaban J connectivity index is 1.68. The number of likely N-dealkylation sites (tertiary alicyclic amines) is 1. The highest BCUT2D eigenvalue weighted by molar-refractivity contribution is 5.42. The molecule has 0 amide bonds. The third-order valence-electron chi connectivity index (χ3n) is 4.16. The van der Waals surface area contributed by atoms with Crippen molar-refractivity contribution in [3.8, 4) is 11.5 Å². The lowest BCUT2D eigenvalue weighted by atomic mass is 10.0. The molecule has 0 radical (unpaired) electrons. The molecule has 2 saturated heterocycles. The molecule has 3 rings (SSSR count). The molecule has 116 valence electrons. The fourth-order valence-corrected chi connectivity index (χ4v) is 3.18. The first-order valence-electron chi connectivity index (χ1n) is 7.46. The van der Waals surface area contributed by atoms with Gasteiger partial charge in [0.1, 0.15) is 0 Å². The highest BCUT2D eigenvalue weighted by Crippen LogP contribution is 2.32. The van der Waals surface area contributed by atoms with Crippen molar-refractivity contribution in [2.45, 2.75) is 25.2 Å². The van der Waals surface area contributed by atoms with E-state index in [4.69, 9.17) is 18.9 Å². The molecule has 0 saturated carbocycles. The van der Waals surface area contributed by atoms with Crippen LogP contribution in [0.1, 0.15) is 18.4 Å². The zero-order valence-corrected chi connectivity index (χ0v) is 12.8. The van der Waals surface area contributed by atoms with Crippen molar-refractivity contribution in [2.75, 3.05) is 40.5 Å². The molecule has 2 aliphatic rings. The third kappa shape index (κ3) is 3.15. The summed E-state index contributed by atoms with van der Waals surface area (Å²) in [6.07, 6.45) is 2.10. The van der Waals surface area contributed by atoms with Crippen molar-refractivity contribution >= 4 is 0 Å². The van der Waals surface area contributed by atoms with Crippen LogP contribution in [0.3, 0.4) is 0 Å². The Morgan fingerprint density at radius 2 is 1.90 bits per heavy atom. The van der Waals surface area contributed by atoms with Crippen LogP contribution in [0.5, 0.6) is 11.5 Å². The van der Waals surface area contributed by atoms with Crippen molar-refractivity contribution in [3.63, 3.8) is 0 Å². The van der Waals surface area contributed by atoms with E-state index >= 15 is 0 Å². The maximum Gasteiger partial charge on any atom is 0.181 e. The fraction of sp³-hybridized carbons (Fsp3) is 0.625. The van der Waals surface area contributed by atoms with E-state index in [-0.39, 0.29) is 5.79 Å². The minimum Gasteiger partial charge on any atom is -0.493 e. The second kappa shape index (κ2) is 6.22. The van der Waals surface area contributed by atoms with E-state index in [0.29, 0.717) is 13.2 Å². The largest absolute Gasteiger partial charge is 0.493 e. The zero-order chi connectivity index (χ0) is 14.7. The summed E-state index contributed by atoms with van der Waals surface area (Å²) in [5.74, 6) is 1.17. The minimum absolute atomic E-state index is 0.366. The van der Waals surface area contributed by atoms with Gasteiger partial charge in [-0.3, -0.25) is 4.90 Å². The van der Waals surface area contributed by atoms with Gasteiger partial charge < -0.3 is 18.9 Å². The Morgan fingerprint density at radius 1 is 1.14 bits per heavy atom. The summed E-state index contributed by atoms with van der Waals surface area (Å²) in [6.45, 7) is 4.20. The second-order valence-corrected chi connectivity index (χ2v) is 5.61. The van der Waals surface area contributed by atoms with E-state index in [2.05, 4.69) is 11.0 Å². The van der Waals surface area contributed by atoms with E-state index in [1.165, 1.54) is 5.56 Å². The van der Waals surface area contributed by atoms with Crippen LogP contribution in [0, 0.1) is 0 Å². The first-order valence-corrected chi connectivity index (χ1v) is 7.46. The van der Waals surface area contributed by atoms with Gasteiger partial charge in [0.15, 0.2) is 17.3 Å². The summed E-state index contributed by atoms with van der Waals surface area (Å²) in [7, 11) is 3.32. The molecule has 0 bridgehead atoms. The highest BCUT2D eigenvalue weighted by atomic mass is 16.7. The van der Waals surface area contributed by atoms with Gasteiger partial charge in [-0.15, -0.1) is 0 Å². The topological polar surface area (TPSA) is 40.2 Å². The first kappa shape index (κ1) is 14.6. The number of benzene rings is 1. The molecule has 21 heavy (non-hydrogen) atoms. The molecule has 5 nitrogen and oxygen atoms in total. The first-order chi connectivity index (χ1) is 10.2. The van der Waals surface area contributed by atoms with E-state index in [1.807, 2.05) is 12.1 Å². The van der Waals surface area contributed by atoms with E-state index in [9.17, 15) is 0 Å². The summed E-state index contributed by atoms with van der Waals surface area (Å²) in [4.78, 5) is 2.38. The summed E-state index contributed by atoms with van der Waals surface area (Å²) < 4.78 is 22.3. The van der Waals surface area contributed by atoms with Crippen LogP contribution in [0.15, 0.2) is 18.2 Å². The van der Waals surface area contributed by atoms with Crippen LogP contribution in [0.25, 0.3) is 0 Å². The van der Waals surface area contributed by atoms with Gasteiger partial charge in [0.05, 0.1) is 34.0 Å². The van der Waals surface area contributed by atoms with Crippen LogP contribution < -0.4 is 9.47 Å². The Hall–Kier alpha value is -1.30. The number of nitrogens with zero attached hydrogens (tertiary/aromatic N) is 1. The van der Waals surface area contributed by atoms with E-state index < -0.39 is 0 Å². The Bertz CT molecular complexity index is 485. The lowest BCUT2D eigenvalue weighted by molar-refractivity contribution is -0.190. The number of rotatable bonds is 4. The van der Waals surface area contributed by atoms with Gasteiger partial charge in [0.25, 0.3) is 0 Å². The minimum atomic E-state index is -0.366. The molecule has 0 aliphatic carbocycles. The molecule has 2 fully saturated rings. The van der Waals surface area contributed by atoms with Gasteiger partial charge in [-0.25, -0.2) is 0 Å². The molecular weight excluding hydrogens is 270 g/mol. The lowest BCUT2D eigenvalue weighted by Gasteiger charge is -2.38. The average molecular weight is 293 g/mol. The van der Waals surface area contributed by atoms with Crippen molar-refractivity contribution in [1.82, 2.24) is 4.90 Å². The number of hydrogen-bond donors (Lipinski definition) is 0. The summed E-state index contributed by atoms with van der Waals surface area (Å²) in [5, 5.41) is 0. The van der Waals surface area contributed by atoms with E-state index in [1.54, 1.807) is 14.2 Å². The van der Waals surface area contributed by atoms with Gasteiger partial charge in [-0.05, 0) is 30.7 Å². The van der Waals surface area contributed by atoms with Crippen LogP contribution in [-0.2, 0) is 16.0 Å². The SMILES string of the molecule is COc1ccc(CN2CCCC3(C2)OCCO3)cc1OC. The summed E-state index contributed by atoms with van der Waals surface area (Å²) in [5.41, 5.74) is 1.21. The molecule has 0 atom stereocenters. The van der Waals surface area contributed by atoms with Gasteiger partial charge in [-0.2, -0.15) is 0 Å². The zero-order valence-electron chi connectivity index (χ0n) is 12.8. The predicted octanol–water partition coefficient (Wildman–Crippen LogP) is 2.04. The van der Waals surface area contributed by atoms with Gasteiger partial charge in [0, 0.05) is 13.0 Å². The van der Waals surface area contributed by atoms with Gasteiger partial charge in [0.2, 0.25) is 0 Å². The Labute approximate surface area is 125 Å². The van der Waals surface area contributed by atoms with Crippen LogP contribution in [0.4, 0.5) is 0 Å². The quantitative estimate of drug-likeness (QED) is 0.849. The van der Waals surface area contributed by atoms with Gasteiger partial charge >= 0.3 is 0 Å². The smallest absolute Gasteiger partial charge is 0.181 e. The Kier molecular flexibility index (Phi) is 4.33. The molecule has 1 spiro atoms. The van der Waals surface area contributed by atoms with Crippen molar-refractivity contribution < 1.29 is 18.9 Å². The molecule has 0 aromatic heterocycles. The second-order valence-electron chi connectivity index (χ2n) is 5.61. The number of hydrogen-bond acceptors (Lipinski definition) is 5. The third-order valence-corrected chi connectivity index (χ3v) is 4.16. The standard InChI is InChI=1S/C16H23NO4/c1-18-14-5-4-13(10-15(14)19-2)11-17-7-3-6-16(12-17)20-8-9-21-16/h4-5,10H,3,6-9,11-12H2,1-2H3. The molecule has 0 unspecified atom stereocenters. The molecule has 2 heterocycles. The maximum atomic E-state index is 5.82. The number of methoxy groups -OCH3 is 2. The normalized spacial score (nSPS) is 21.6. The molecule has 1 aromatic carbocycles. The predicted molar refractivity (Wildman–Crippen MR) is 78.7 cm³/mol. The monoisotopic (exact) mass is 293 g/mol. The van der Waals surface area contributed by atoms with Crippen LogP contribution >= 0.6 is 0 Å². The molecule has 0 N–H and O–H groups in total. The molecule has 2 aliphatic heterocycles. The van der Waals surface area contributed by atoms with Crippen molar-refractivity contribution in [2.24, 2.45) is 0 Å². The summed E-state index contributed by atoms with van der Waals surface area (Å²) in [6, 6.07) is 6.08. The highest BCUT2D eigenvalue weighted by Gasteiger charge is 2.40. The average Bonchev–Trinajstić information content (AvgIpc) is 2.95. The number of ether oxygens (including phenoxy) is 4. The Morgan fingerprint density at radius 3 is 2.62 bits per heavy atom. The fourth-order valence-electron chi connectivity index (χ4n) is 3.18. The van der Waals surface area contributed by atoms with E-state index in [0.717, 1.165) is 44.0 Å². The number of piperidine rings is 1. The van der Waals surface area contributed by atoms with Crippen molar-refractivity contribution in [1.29, 1.82) is 0 Å². The van der Waals surface area contributed by atoms with Crippen LogP contribution in [0.2, 0.25) is 0 Å². The molecular formula is C16H23NO4. The van der Waals surface area contributed by atoms with Crippen LogP contribution in [-0.4, -0.2) is 51.2 Å². The van der Waals surface area contributed by atoms with Gasteiger partial charge in [-0.1, -0.05) is 6.07 Å².